The van der Waals surface area contributed by atoms with E-state index in [9.17, 15) is 9.59 Å². The van der Waals surface area contributed by atoms with Gasteiger partial charge in [0, 0.05) is 38.9 Å². The molecule has 7 nitrogen and oxygen atoms in total. The number of aromatic nitrogens is 1. The van der Waals surface area contributed by atoms with Crippen molar-refractivity contribution in [3.8, 4) is 0 Å². The van der Waals surface area contributed by atoms with Gasteiger partial charge in [0.1, 0.15) is 0 Å². The van der Waals surface area contributed by atoms with E-state index in [0.717, 1.165) is 18.7 Å². The molecule has 0 N–H and O–H groups in total. The van der Waals surface area contributed by atoms with Gasteiger partial charge in [-0.25, -0.2) is 0 Å². The van der Waals surface area contributed by atoms with Crippen LogP contribution in [0, 0.1) is 0 Å². The highest BCUT2D eigenvalue weighted by Crippen LogP contribution is 2.22. The minimum Gasteiger partial charge on any atom is -0.444 e. The molecule has 1 unspecified atom stereocenters. The molecule has 27 heavy (non-hydrogen) atoms. The van der Waals surface area contributed by atoms with Gasteiger partial charge < -0.3 is 14.2 Å². The Bertz CT molecular complexity index is 817. The van der Waals surface area contributed by atoms with Gasteiger partial charge in [0.2, 0.25) is 5.91 Å². The fourth-order valence-electron chi connectivity index (χ4n) is 3.73. The Morgan fingerprint density at radius 3 is 2.63 bits per heavy atom. The second-order valence-electron chi connectivity index (χ2n) is 6.82. The van der Waals surface area contributed by atoms with Crippen LogP contribution in [0.4, 0.5) is 0 Å². The van der Waals surface area contributed by atoms with Crippen molar-refractivity contribution in [1.29, 1.82) is 0 Å². The normalized spacial score (nSPS) is 21.1. The molecule has 0 radical (unpaired) electrons. The van der Waals surface area contributed by atoms with E-state index in [2.05, 4.69) is 25.8 Å². The van der Waals surface area contributed by atoms with Crippen LogP contribution in [0.3, 0.4) is 0 Å². The van der Waals surface area contributed by atoms with Crippen molar-refractivity contribution < 1.29 is 14.0 Å². The average molecular weight is 433 g/mol. The molecular weight excluding hydrogens is 412 g/mol. The number of pyridine rings is 1. The molecule has 0 aliphatic carbocycles. The van der Waals surface area contributed by atoms with Crippen LogP contribution >= 0.6 is 15.9 Å². The Balaban J connectivity index is 1.32. The summed E-state index contributed by atoms with van der Waals surface area (Å²) in [7, 11) is 0. The molecule has 2 aromatic rings. The summed E-state index contributed by atoms with van der Waals surface area (Å²) in [5, 5.41) is 0. The molecule has 4 rings (SSSR count). The number of nitrogens with zero attached hydrogens (tertiary/aromatic N) is 4. The van der Waals surface area contributed by atoms with E-state index in [1.165, 1.54) is 0 Å². The van der Waals surface area contributed by atoms with Gasteiger partial charge in [-0.2, -0.15) is 0 Å². The smallest absolute Gasteiger partial charge is 0.289 e. The van der Waals surface area contributed by atoms with E-state index in [1.807, 2.05) is 23.1 Å². The highest BCUT2D eigenvalue weighted by molar-refractivity contribution is 9.10. The third-order valence-electron chi connectivity index (χ3n) is 5.17. The van der Waals surface area contributed by atoms with E-state index in [4.69, 9.17) is 4.42 Å². The van der Waals surface area contributed by atoms with Gasteiger partial charge in [0.15, 0.2) is 10.4 Å². The Labute approximate surface area is 166 Å². The molecular formula is C19H21BrN4O3. The Kier molecular flexibility index (Phi) is 5.27. The Morgan fingerprint density at radius 1 is 1.15 bits per heavy atom. The monoisotopic (exact) mass is 432 g/mol. The van der Waals surface area contributed by atoms with E-state index < -0.39 is 0 Å². The summed E-state index contributed by atoms with van der Waals surface area (Å²) in [4.78, 5) is 35.4. The molecule has 2 fully saturated rings. The molecule has 0 bridgehead atoms. The zero-order valence-electron chi connectivity index (χ0n) is 14.9. The minimum absolute atomic E-state index is 0.0938. The summed E-state index contributed by atoms with van der Waals surface area (Å²) >= 11 is 3.22. The molecule has 8 heteroatoms. The van der Waals surface area contributed by atoms with Crippen LogP contribution in [-0.4, -0.2) is 70.3 Å². The number of hydrogen-bond donors (Lipinski definition) is 0. The highest BCUT2D eigenvalue weighted by Gasteiger charge is 2.37. The first-order valence-electron chi connectivity index (χ1n) is 9.09. The van der Waals surface area contributed by atoms with Crippen LogP contribution in [-0.2, 0) is 11.3 Å². The zero-order valence-corrected chi connectivity index (χ0v) is 16.5. The highest BCUT2D eigenvalue weighted by atomic mass is 79.9. The van der Waals surface area contributed by atoms with E-state index in [1.54, 1.807) is 23.2 Å². The topological polar surface area (TPSA) is 69.9 Å². The molecule has 2 amide bonds. The molecule has 4 heterocycles. The van der Waals surface area contributed by atoms with Gasteiger partial charge in [0.25, 0.3) is 5.91 Å². The molecule has 2 aromatic heterocycles. The van der Waals surface area contributed by atoms with E-state index in [-0.39, 0.29) is 17.9 Å². The number of carbonyl (C=O) groups excluding carboxylic acids is 2. The van der Waals surface area contributed by atoms with Gasteiger partial charge >= 0.3 is 0 Å². The van der Waals surface area contributed by atoms with Crippen molar-refractivity contribution in [2.75, 3.05) is 32.7 Å². The first-order chi connectivity index (χ1) is 13.1. The number of hydrogen-bond acceptors (Lipinski definition) is 5. The predicted molar refractivity (Wildman–Crippen MR) is 102 cm³/mol. The second-order valence-corrected chi connectivity index (χ2v) is 7.60. The summed E-state index contributed by atoms with van der Waals surface area (Å²) in [5.74, 6) is 0.402. The van der Waals surface area contributed by atoms with Crippen molar-refractivity contribution in [1.82, 2.24) is 19.7 Å². The maximum absolute atomic E-state index is 12.8. The number of carbonyl (C=O) groups is 2. The van der Waals surface area contributed by atoms with Crippen molar-refractivity contribution in [3.05, 3.63) is 52.7 Å². The molecule has 142 valence electrons. The van der Waals surface area contributed by atoms with Crippen LogP contribution in [0.1, 0.15) is 22.7 Å². The maximum atomic E-state index is 12.8. The average Bonchev–Trinajstić information content (AvgIpc) is 3.29. The zero-order chi connectivity index (χ0) is 18.8. The number of rotatable bonds is 4. The van der Waals surface area contributed by atoms with Gasteiger partial charge in [-0.05, 0) is 46.6 Å². The van der Waals surface area contributed by atoms with Crippen LogP contribution in [0.15, 0.2) is 45.6 Å². The van der Waals surface area contributed by atoms with E-state index >= 15 is 0 Å². The number of piperazine rings is 1. The lowest BCUT2D eigenvalue weighted by Gasteiger charge is -2.36. The third-order valence-corrected chi connectivity index (χ3v) is 5.60. The third kappa shape index (κ3) is 3.91. The summed E-state index contributed by atoms with van der Waals surface area (Å²) < 4.78 is 5.91. The number of likely N-dealkylation sites (tertiary alicyclic amines) is 1. The summed E-state index contributed by atoms with van der Waals surface area (Å²) in [5.41, 5.74) is 0.909. The number of furan rings is 1. The first-order valence-corrected chi connectivity index (χ1v) is 9.88. The quantitative estimate of drug-likeness (QED) is 0.738. The molecule has 2 saturated heterocycles. The lowest BCUT2D eigenvalue weighted by molar-refractivity contribution is -0.133. The molecule has 2 aliphatic rings. The molecule has 0 aromatic carbocycles. The number of halogens is 1. The molecule has 0 saturated carbocycles. The minimum atomic E-state index is -0.102. The lowest BCUT2D eigenvalue weighted by atomic mass is 10.1. The van der Waals surface area contributed by atoms with Crippen molar-refractivity contribution in [3.63, 3.8) is 0 Å². The largest absolute Gasteiger partial charge is 0.444 e. The standard InChI is InChI=1S/C19H21BrN4O3/c20-17-5-4-16(27-17)19(26)23-11-9-22(10-12-23)15-6-8-24(18(15)25)13-14-3-1-2-7-21-14/h1-5,7,15H,6,8-13H2. The Hall–Kier alpha value is -2.19. The van der Waals surface area contributed by atoms with Gasteiger partial charge in [-0.15, -0.1) is 0 Å². The van der Waals surface area contributed by atoms with Crippen LogP contribution in [0.5, 0.6) is 0 Å². The van der Waals surface area contributed by atoms with Crippen molar-refractivity contribution in [2.45, 2.75) is 19.0 Å². The van der Waals surface area contributed by atoms with Crippen LogP contribution in [0.2, 0.25) is 0 Å². The van der Waals surface area contributed by atoms with Gasteiger partial charge in [-0.3, -0.25) is 19.5 Å². The fourth-order valence-corrected chi connectivity index (χ4v) is 4.03. The van der Waals surface area contributed by atoms with Crippen molar-refractivity contribution >= 4 is 27.7 Å². The van der Waals surface area contributed by atoms with Gasteiger partial charge in [-0.1, -0.05) is 6.07 Å². The Morgan fingerprint density at radius 2 is 1.96 bits per heavy atom. The predicted octanol–water partition coefficient (Wildman–Crippen LogP) is 2.00. The molecule has 0 spiro atoms. The second kappa shape index (κ2) is 7.82. The summed E-state index contributed by atoms with van der Waals surface area (Å²) in [6.45, 7) is 3.90. The van der Waals surface area contributed by atoms with Crippen molar-refractivity contribution in [2.24, 2.45) is 0 Å². The van der Waals surface area contributed by atoms with E-state index in [0.29, 0.717) is 43.2 Å². The molecule has 1 atom stereocenters. The van der Waals surface area contributed by atoms with Crippen LogP contribution < -0.4 is 0 Å². The summed E-state index contributed by atoms with van der Waals surface area (Å²) in [6.07, 6.45) is 2.58. The summed E-state index contributed by atoms with van der Waals surface area (Å²) in [6, 6.07) is 9.06. The first kappa shape index (κ1) is 18.2. The van der Waals surface area contributed by atoms with Gasteiger partial charge in [0.05, 0.1) is 18.3 Å². The maximum Gasteiger partial charge on any atom is 0.289 e. The SMILES string of the molecule is O=C(c1ccc(Br)o1)N1CCN(C2CCN(Cc3ccccn3)C2=O)CC1. The lowest BCUT2D eigenvalue weighted by Crippen LogP contribution is -2.53. The molecule has 2 aliphatic heterocycles. The van der Waals surface area contributed by atoms with Crippen LogP contribution in [0.25, 0.3) is 0 Å². The number of amides is 2. The fraction of sp³-hybridized carbons (Fsp3) is 0.421.